The Morgan fingerprint density at radius 1 is 1.04 bits per heavy atom. The van der Waals surface area contributed by atoms with E-state index in [2.05, 4.69) is 40.6 Å². The Bertz CT molecular complexity index is 816. The van der Waals surface area contributed by atoms with Gasteiger partial charge in [-0.25, -0.2) is 9.37 Å². The van der Waals surface area contributed by atoms with Crippen LogP contribution in [-0.4, -0.2) is 25.6 Å². The first-order valence-corrected chi connectivity index (χ1v) is 8.14. The molecule has 0 spiro atoms. The van der Waals surface area contributed by atoms with Crippen LogP contribution >= 0.6 is 0 Å². The van der Waals surface area contributed by atoms with Crippen LogP contribution in [0.15, 0.2) is 54.6 Å². The van der Waals surface area contributed by atoms with Gasteiger partial charge < -0.3 is 10.2 Å². The zero-order chi connectivity index (χ0) is 16.9. The molecule has 0 atom stereocenters. The van der Waals surface area contributed by atoms with E-state index in [0.717, 1.165) is 36.3 Å². The summed E-state index contributed by atoms with van der Waals surface area (Å²) in [5, 5.41) is 4.44. The highest BCUT2D eigenvalue weighted by Gasteiger charge is 2.09. The normalized spacial score (nSPS) is 11.0. The summed E-state index contributed by atoms with van der Waals surface area (Å²) in [6, 6.07) is 17.3. The first kappa shape index (κ1) is 16.4. The second-order valence-electron chi connectivity index (χ2n) is 6.11. The van der Waals surface area contributed by atoms with Gasteiger partial charge in [0.05, 0.1) is 5.52 Å². The Balaban J connectivity index is 1.73. The molecule has 24 heavy (non-hydrogen) atoms. The molecule has 0 aliphatic rings. The molecule has 0 saturated heterocycles. The lowest BCUT2D eigenvalue weighted by Gasteiger charge is -2.18. The third kappa shape index (κ3) is 3.89. The fourth-order valence-corrected chi connectivity index (χ4v) is 2.79. The molecular formula is C20H22FN3. The van der Waals surface area contributed by atoms with Crippen molar-refractivity contribution < 1.29 is 4.39 Å². The lowest BCUT2D eigenvalue weighted by molar-refractivity contribution is 0.629. The number of aromatic nitrogens is 1. The summed E-state index contributed by atoms with van der Waals surface area (Å²) in [6.45, 7) is 1.64. The van der Waals surface area contributed by atoms with Gasteiger partial charge in [-0.3, -0.25) is 0 Å². The van der Waals surface area contributed by atoms with Crippen LogP contribution in [0.3, 0.4) is 0 Å². The van der Waals surface area contributed by atoms with Gasteiger partial charge in [-0.15, -0.1) is 0 Å². The van der Waals surface area contributed by atoms with E-state index in [1.807, 2.05) is 25.1 Å². The average molecular weight is 323 g/mol. The van der Waals surface area contributed by atoms with Crippen LogP contribution in [0.4, 0.5) is 10.2 Å². The number of fused-ring (bicyclic) bond motifs is 1. The van der Waals surface area contributed by atoms with Gasteiger partial charge in [0.2, 0.25) is 0 Å². The molecule has 3 rings (SSSR count). The second-order valence-corrected chi connectivity index (χ2v) is 6.11. The van der Waals surface area contributed by atoms with Gasteiger partial charge in [-0.05, 0) is 36.7 Å². The summed E-state index contributed by atoms with van der Waals surface area (Å²) in [6.07, 6.45) is 0.990. The first-order valence-electron chi connectivity index (χ1n) is 8.14. The van der Waals surface area contributed by atoms with Gasteiger partial charge >= 0.3 is 0 Å². The van der Waals surface area contributed by atoms with Gasteiger partial charge in [-0.2, -0.15) is 0 Å². The minimum Gasteiger partial charge on any atom is -0.362 e. The third-order valence-electron chi connectivity index (χ3n) is 4.01. The summed E-state index contributed by atoms with van der Waals surface area (Å²) in [5.74, 6) is 0.619. The summed E-state index contributed by atoms with van der Waals surface area (Å²) in [5.41, 5.74) is 3.13. The molecule has 0 amide bonds. The Kier molecular flexibility index (Phi) is 5.06. The standard InChI is InChI=1S/C20H22FN3/c1-24(2)20-17(12-16-8-9-18(21)13-19(16)23-20)14-22-11-10-15-6-4-3-5-7-15/h3-9,12-13,22H,10-11,14H2,1-2H3. The van der Waals surface area contributed by atoms with E-state index >= 15 is 0 Å². The molecule has 0 saturated carbocycles. The zero-order valence-electron chi connectivity index (χ0n) is 14.1. The minimum atomic E-state index is -0.256. The number of nitrogens with one attached hydrogen (secondary N) is 1. The largest absolute Gasteiger partial charge is 0.362 e. The van der Waals surface area contributed by atoms with Gasteiger partial charge in [0.15, 0.2) is 0 Å². The molecule has 0 aliphatic heterocycles. The lowest BCUT2D eigenvalue weighted by Crippen LogP contribution is -2.20. The highest BCUT2D eigenvalue weighted by atomic mass is 19.1. The second kappa shape index (κ2) is 7.41. The average Bonchev–Trinajstić information content (AvgIpc) is 2.59. The van der Waals surface area contributed by atoms with Crippen molar-refractivity contribution >= 4 is 16.7 Å². The van der Waals surface area contributed by atoms with Crippen molar-refractivity contribution in [3.63, 3.8) is 0 Å². The molecule has 0 fully saturated rings. The van der Waals surface area contributed by atoms with Gasteiger partial charge in [-0.1, -0.05) is 30.3 Å². The van der Waals surface area contributed by atoms with Crippen LogP contribution in [0.1, 0.15) is 11.1 Å². The first-order chi connectivity index (χ1) is 11.6. The summed E-state index contributed by atoms with van der Waals surface area (Å²) >= 11 is 0. The quantitative estimate of drug-likeness (QED) is 0.700. The molecule has 0 radical (unpaired) electrons. The minimum absolute atomic E-state index is 0.256. The van der Waals surface area contributed by atoms with Crippen LogP contribution in [0.5, 0.6) is 0 Å². The zero-order valence-corrected chi connectivity index (χ0v) is 14.1. The number of rotatable bonds is 6. The highest BCUT2D eigenvalue weighted by Crippen LogP contribution is 2.23. The van der Waals surface area contributed by atoms with E-state index in [9.17, 15) is 4.39 Å². The van der Waals surface area contributed by atoms with E-state index in [1.54, 1.807) is 6.07 Å². The molecule has 2 aromatic carbocycles. The monoisotopic (exact) mass is 323 g/mol. The van der Waals surface area contributed by atoms with Gasteiger partial charge in [0, 0.05) is 37.7 Å². The van der Waals surface area contributed by atoms with E-state index < -0.39 is 0 Å². The molecule has 3 aromatic rings. The number of nitrogens with zero attached hydrogens (tertiary/aromatic N) is 2. The number of halogens is 1. The molecule has 0 bridgehead atoms. The fraction of sp³-hybridized carbons (Fsp3) is 0.250. The maximum absolute atomic E-state index is 13.4. The molecule has 1 heterocycles. The maximum atomic E-state index is 13.4. The number of anilines is 1. The number of benzene rings is 2. The number of hydrogen-bond acceptors (Lipinski definition) is 3. The fourth-order valence-electron chi connectivity index (χ4n) is 2.79. The van der Waals surface area contributed by atoms with Crippen molar-refractivity contribution in [2.24, 2.45) is 0 Å². The van der Waals surface area contributed by atoms with Crippen molar-refractivity contribution in [2.45, 2.75) is 13.0 Å². The van der Waals surface area contributed by atoms with E-state index in [4.69, 9.17) is 0 Å². The van der Waals surface area contributed by atoms with Crippen molar-refractivity contribution in [2.75, 3.05) is 25.5 Å². The van der Waals surface area contributed by atoms with Crippen LogP contribution in [0.2, 0.25) is 0 Å². The molecule has 0 unspecified atom stereocenters. The molecule has 1 aromatic heterocycles. The molecule has 3 nitrogen and oxygen atoms in total. The predicted molar refractivity (Wildman–Crippen MR) is 97.9 cm³/mol. The topological polar surface area (TPSA) is 28.2 Å². The predicted octanol–water partition coefficient (Wildman–Crippen LogP) is 3.77. The Morgan fingerprint density at radius 3 is 2.58 bits per heavy atom. The highest BCUT2D eigenvalue weighted by molar-refractivity contribution is 5.81. The Labute approximate surface area is 142 Å². The van der Waals surface area contributed by atoms with Gasteiger partial charge in [0.25, 0.3) is 0 Å². The third-order valence-corrected chi connectivity index (χ3v) is 4.01. The van der Waals surface area contributed by atoms with Crippen molar-refractivity contribution in [3.8, 4) is 0 Å². The SMILES string of the molecule is CN(C)c1nc2cc(F)ccc2cc1CNCCc1ccccc1. The van der Waals surface area contributed by atoms with E-state index in [-0.39, 0.29) is 5.82 Å². The van der Waals surface area contributed by atoms with Crippen LogP contribution < -0.4 is 10.2 Å². The molecule has 0 aliphatic carbocycles. The summed E-state index contributed by atoms with van der Waals surface area (Å²) in [7, 11) is 3.92. The summed E-state index contributed by atoms with van der Waals surface area (Å²) < 4.78 is 13.4. The Morgan fingerprint density at radius 2 is 1.83 bits per heavy atom. The number of hydrogen-bond donors (Lipinski definition) is 1. The van der Waals surface area contributed by atoms with Crippen molar-refractivity contribution in [1.29, 1.82) is 0 Å². The van der Waals surface area contributed by atoms with Crippen LogP contribution in [0, 0.1) is 5.82 Å². The molecule has 124 valence electrons. The Hall–Kier alpha value is -2.46. The number of pyridine rings is 1. The summed E-state index contributed by atoms with van der Waals surface area (Å²) in [4.78, 5) is 6.59. The van der Waals surface area contributed by atoms with Crippen LogP contribution in [0.25, 0.3) is 10.9 Å². The van der Waals surface area contributed by atoms with E-state index in [0.29, 0.717) is 5.52 Å². The van der Waals surface area contributed by atoms with E-state index in [1.165, 1.54) is 17.7 Å². The smallest absolute Gasteiger partial charge is 0.133 e. The molecular weight excluding hydrogens is 301 g/mol. The van der Waals surface area contributed by atoms with Gasteiger partial charge in [0.1, 0.15) is 11.6 Å². The molecule has 4 heteroatoms. The molecule has 1 N–H and O–H groups in total. The lowest BCUT2D eigenvalue weighted by atomic mass is 10.1. The van der Waals surface area contributed by atoms with Crippen molar-refractivity contribution in [1.82, 2.24) is 10.3 Å². The van der Waals surface area contributed by atoms with Crippen molar-refractivity contribution in [3.05, 3.63) is 71.5 Å². The van der Waals surface area contributed by atoms with Crippen LogP contribution in [-0.2, 0) is 13.0 Å². The maximum Gasteiger partial charge on any atom is 0.133 e.